The number of amides is 3. The monoisotopic (exact) mass is 290 g/mol. The Hall–Kier alpha value is -2.41. The minimum atomic E-state index is -0.503. The SMILES string of the molecule is CC(=O)Nc1cccc(NC(=O)CC2NCCNC2=O)c1. The molecule has 0 radical (unpaired) electrons. The molecular formula is C14H18N4O3. The van der Waals surface area contributed by atoms with Crippen LogP contribution in [0.15, 0.2) is 24.3 Å². The molecule has 0 aliphatic carbocycles. The van der Waals surface area contributed by atoms with Gasteiger partial charge >= 0.3 is 0 Å². The van der Waals surface area contributed by atoms with Crippen molar-refractivity contribution in [2.24, 2.45) is 0 Å². The predicted molar refractivity (Wildman–Crippen MR) is 78.8 cm³/mol. The molecule has 2 rings (SSSR count). The second-order valence-electron chi connectivity index (χ2n) is 4.81. The Kier molecular flexibility index (Phi) is 4.89. The summed E-state index contributed by atoms with van der Waals surface area (Å²) >= 11 is 0. The van der Waals surface area contributed by atoms with Gasteiger partial charge in [0.1, 0.15) is 0 Å². The first-order chi connectivity index (χ1) is 10.0. The number of rotatable bonds is 4. The van der Waals surface area contributed by atoms with Crippen LogP contribution < -0.4 is 21.3 Å². The molecule has 1 saturated heterocycles. The van der Waals surface area contributed by atoms with Crippen LogP contribution in [0.3, 0.4) is 0 Å². The normalized spacial score (nSPS) is 17.8. The van der Waals surface area contributed by atoms with Gasteiger partial charge in [0.2, 0.25) is 17.7 Å². The van der Waals surface area contributed by atoms with Crippen LogP contribution in [0.25, 0.3) is 0 Å². The third kappa shape index (κ3) is 4.57. The molecule has 0 spiro atoms. The highest BCUT2D eigenvalue weighted by Gasteiger charge is 2.23. The lowest BCUT2D eigenvalue weighted by molar-refractivity contribution is -0.127. The molecular weight excluding hydrogens is 272 g/mol. The standard InChI is InChI=1S/C14H18N4O3/c1-9(19)17-10-3-2-4-11(7-10)18-13(20)8-12-14(21)16-6-5-15-12/h2-4,7,12,15H,5-6,8H2,1H3,(H,16,21)(H,17,19)(H,18,20). The molecule has 7 nitrogen and oxygen atoms in total. The smallest absolute Gasteiger partial charge is 0.237 e. The number of benzene rings is 1. The number of hydrogen-bond donors (Lipinski definition) is 4. The maximum atomic E-state index is 11.9. The Morgan fingerprint density at radius 1 is 1.24 bits per heavy atom. The summed E-state index contributed by atoms with van der Waals surface area (Å²) in [5, 5.41) is 11.0. The van der Waals surface area contributed by atoms with Crippen molar-refractivity contribution in [3.05, 3.63) is 24.3 Å². The number of carbonyl (C=O) groups is 3. The Morgan fingerprint density at radius 3 is 2.62 bits per heavy atom. The number of anilines is 2. The molecule has 0 aromatic heterocycles. The van der Waals surface area contributed by atoms with Crippen molar-refractivity contribution in [1.29, 1.82) is 0 Å². The Morgan fingerprint density at radius 2 is 1.95 bits per heavy atom. The molecule has 1 unspecified atom stereocenters. The van der Waals surface area contributed by atoms with E-state index in [1.807, 2.05) is 0 Å². The second kappa shape index (κ2) is 6.85. The fraction of sp³-hybridized carbons (Fsp3) is 0.357. The summed E-state index contributed by atoms with van der Waals surface area (Å²) in [6.45, 7) is 2.65. The van der Waals surface area contributed by atoms with Crippen LogP contribution in [0, 0.1) is 0 Å². The van der Waals surface area contributed by atoms with Crippen LogP contribution in [0.1, 0.15) is 13.3 Å². The number of nitrogens with one attached hydrogen (secondary N) is 4. The molecule has 1 atom stereocenters. The summed E-state index contributed by atoms with van der Waals surface area (Å²) in [5.74, 6) is -0.602. The Balaban J connectivity index is 1.92. The second-order valence-corrected chi connectivity index (χ2v) is 4.81. The maximum absolute atomic E-state index is 11.9. The molecule has 0 saturated carbocycles. The maximum Gasteiger partial charge on any atom is 0.237 e. The first-order valence-electron chi connectivity index (χ1n) is 6.73. The summed E-state index contributed by atoms with van der Waals surface area (Å²) in [5.41, 5.74) is 1.18. The van der Waals surface area contributed by atoms with E-state index in [4.69, 9.17) is 0 Å². The van der Waals surface area contributed by atoms with Crippen molar-refractivity contribution in [3.63, 3.8) is 0 Å². The molecule has 0 bridgehead atoms. The molecule has 1 aromatic rings. The van der Waals surface area contributed by atoms with Gasteiger partial charge in [0.25, 0.3) is 0 Å². The fourth-order valence-corrected chi connectivity index (χ4v) is 2.09. The van der Waals surface area contributed by atoms with E-state index >= 15 is 0 Å². The predicted octanol–water partition coefficient (Wildman–Crippen LogP) is 0.0616. The lowest BCUT2D eigenvalue weighted by Gasteiger charge is -2.22. The average Bonchev–Trinajstić information content (AvgIpc) is 2.41. The molecule has 21 heavy (non-hydrogen) atoms. The third-order valence-electron chi connectivity index (χ3n) is 2.99. The third-order valence-corrected chi connectivity index (χ3v) is 2.99. The molecule has 7 heteroatoms. The topological polar surface area (TPSA) is 99.3 Å². The molecule has 1 aliphatic heterocycles. The molecule has 112 valence electrons. The molecule has 1 aromatic carbocycles. The van der Waals surface area contributed by atoms with Gasteiger partial charge in [0, 0.05) is 31.4 Å². The fourth-order valence-electron chi connectivity index (χ4n) is 2.09. The van der Waals surface area contributed by atoms with Gasteiger partial charge in [-0.25, -0.2) is 0 Å². The van der Waals surface area contributed by atoms with Crippen molar-refractivity contribution in [3.8, 4) is 0 Å². The van der Waals surface area contributed by atoms with Crippen LogP contribution in [0.4, 0.5) is 11.4 Å². The zero-order valence-electron chi connectivity index (χ0n) is 11.7. The average molecular weight is 290 g/mol. The minimum Gasteiger partial charge on any atom is -0.353 e. The van der Waals surface area contributed by atoms with Gasteiger partial charge in [-0.05, 0) is 18.2 Å². The van der Waals surface area contributed by atoms with E-state index in [0.29, 0.717) is 24.5 Å². The van der Waals surface area contributed by atoms with E-state index in [1.165, 1.54) is 6.92 Å². The van der Waals surface area contributed by atoms with Crippen molar-refractivity contribution < 1.29 is 14.4 Å². The highest BCUT2D eigenvalue weighted by molar-refractivity contribution is 5.96. The summed E-state index contributed by atoms with van der Waals surface area (Å²) in [6, 6.07) is 6.34. The lowest BCUT2D eigenvalue weighted by Crippen LogP contribution is -2.53. The quantitative estimate of drug-likeness (QED) is 0.630. The highest BCUT2D eigenvalue weighted by atomic mass is 16.2. The number of piperazine rings is 1. The number of hydrogen-bond acceptors (Lipinski definition) is 4. The summed E-state index contributed by atoms with van der Waals surface area (Å²) in [6.07, 6.45) is 0.0657. The summed E-state index contributed by atoms with van der Waals surface area (Å²) < 4.78 is 0. The summed E-state index contributed by atoms with van der Waals surface area (Å²) in [7, 11) is 0. The van der Waals surface area contributed by atoms with Crippen LogP contribution in [-0.2, 0) is 14.4 Å². The van der Waals surface area contributed by atoms with Crippen LogP contribution >= 0.6 is 0 Å². The van der Waals surface area contributed by atoms with E-state index in [9.17, 15) is 14.4 Å². The largest absolute Gasteiger partial charge is 0.353 e. The van der Waals surface area contributed by atoms with Crippen LogP contribution in [-0.4, -0.2) is 36.9 Å². The van der Waals surface area contributed by atoms with E-state index in [0.717, 1.165) is 0 Å². The van der Waals surface area contributed by atoms with E-state index < -0.39 is 6.04 Å². The van der Waals surface area contributed by atoms with Gasteiger partial charge in [-0.3, -0.25) is 14.4 Å². The van der Waals surface area contributed by atoms with Crippen LogP contribution in [0.5, 0.6) is 0 Å². The highest BCUT2D eigenvalue weighted by Crippen LogP contribution is 2.15. The minimum absolute atomic E-state index is 0.0657. The van der Waals surface area contributed by atoms with Gasteiger partial charge in [-0.2, -0.15) is 0 Å². The van der Waals surface area contributed by atoms with Crippen molar-refractivity contribution in [1.82, 2.24) is 10.6 Å². The lowest BCUT2D eigenvalue weighted by atomic mass is 10.1. The van der Waals surface area contributed by atoms with Crippen molar-refractivity contribution >= 4 is 29.1 Å². The van der Waals surface area contributed by atoms with Crippen molar-refractivity contribution in [2.75, 3.05) is 23.7 Å². The van der Waals surface area contributed by atoms with Crippen LogP contribution in [0.2, 0.25) is 0 Å². The van der Waals surface area contributed by atoms with Gasteiger partial charge in [-0.15, -0.1) is 0 Å². The van der Waals surface area contributed by atoms with Gasteiger partial charge in [0.05, 0.1) is 12.5 Å². The first-order valence-corrected chi connectivity index (χ1v) is 6.73. The van der Waals surface area contributed by atoms with Crippen molar-refractivity contribution in [2.45, 2.75) is 19.4 Å². The molecule has 4 N–H and O–H groups in total. The van der Waals surface area contributed by atoms with Gasteiger partial charge in [0.15, 0.2) is 0 Å². The Bertz CT molecular complexity index is 559. The number of carbonyl (C=O) groups excluding carboxylic acids is 3. The van der Waals surface area contributed by atoms with Gasteiger partial charge < -0.3 is 21.3 Å². The molecule has 1 heterocycles. The van der Waals surface area contributed by atoms with E-state index in [2.05, 4.69) is 21.3 Å². The first kappa shape index (κ1) is 15.0. The molecule has 3 amide bonds. The Labute approximate surface area is 122 Å². The van der Waals surface area contributed by atoms with Gasteiger partial charge in [-0.1, -0.05) is 6.07 Å². The van der Waals surface area contributed by atoms with E-state index in [1.54, 1.807) is 24.3 Å². The molecule has 1 fully saturated rings. The summed E-state index contributed by atoms with van der Waals surface area (Å²) in [4.78, 5) is 34.5. The molecule has 1 aliphatic rings. The zero-order chi connectivity index (χ0) is 15.2. The zero-order valence-corrected chi connectivity index (χ0v) is 11.7. The van der Waals surface area contributed by atoms with E-state index in [-0.39, 0.29) is 24.1 Å².